The van der Waals surface area contributed by atoms with Gasteiger partial charge in [0.2, 0.25) is 11.8 Å². The summed E-state index contributed by atoms with van der Waals surface area (Å²) < 4.78 is 0.942. The zero-order valence-electron chi connectivity index (χ0n) is 13.3. The number of anilines is 1. The van der Waals surface area contributed by atoms with Crippen molar-refractivity contribution in [2.45, 2.75) is 13.0 Å². The summed E-state index contributed by atoms with van der Waals surface area (Å²) in [5, 5.41) is 14.0. The molecule has 25 heavy (non-hydrogen) atoms. The number of halogens is 1. The van der Waals surface area contributed by atoms with Crippen molar-refractivity contribution in [3.05, 3.63) is 70.2 Å². The highest BCUT2D eigenvalue weighted by Gasteiger charge is 2.06. The predicted octanol–water partition coefficient (Wildman–Crippen LogP) is 3.63. The number of rotatable bonds is 6. The zero-order chi connectivity index (χ0) is 18.1. The maximum atomic E-state index is 12.0. The van der Waals surface area contributed by atoms with Crippen LogP contribution in [0.4, 0.5) is 5.69 Å². The van der Waals surface area contributed by atoms with Gasteiger partial charge in [-0.3, -0.25) is 9.59 Å². The number of benzene rings is 2. The van der Waals surface area contributed by atoms with Crippen molar-refractivity contribution in [1.29, 1.82) is 5.26 Å². The molecule has 2 rings (SSSR count). The third-order valence-electron chi connectivity index (χ3n) is 3.26. The topological polar surface area (TPSA) is 82.0 Å². The van der Waals surface area contributed by atoms with Crippen molar-refractivity contribution in [1.82, 2.24) is 5.32 Å². The molecule has 0 aromatic heterocycles. The van der Waals surface area contributed by atoms with E-state index in [2.05, 4.69) is 26.6 Å². The molecular weight excluding hydrogens is 382 g/mol. The van der Waals surface area contributed by atoms with Gasteiger partial charge in [0.15, 0.2) is 0 Å². The number of hydrogen-bond donors (Lipinski definition) is 2. The number of nitrogens with zero attached hydrogens (tertiary/aromatic N) is 1. The molecule has 126 valence electrons. The lowest BCUT2D eigenvalue weighted by Crippen LogP contribution is -2.21. The van der Waals surface area contributed by atoms with Crippen LogP contribution in [0.5, 0.6) is 0 Å². The van der Waals surface area contributed by atoms with E-state index in [1.165, 1.54) is 6.08 Å². The van der Waals surface area contributed by atoms with E-state index in [9.17, 15) is 9.59 Å². The van der Waals surface area contributed by atoms with Crippen LogP contribution in [-0.2, 0) is 16.1 Å². The molecule has 0 aliphatic carbocycles. The fourth-order valence-electron chi connectivity index (χ4n) is 2.09. The van der Waals surface area contributed by atoms with Gasteiger partial charge in [0.1, 0.15) is 6.42 Å². The highest BCUT2D eigenvalue weighted by atomic mass is 79.9. The summed E-state index contributed by atoms with van der Waals surface area (Å²) in [6.07, 6.45) is 2.97. The molecule has 0 aliphatic heterocycles. The van der Waals surface area contributed by atoms with Crippen LogP contribution in [-0.4, -0.2) is 11.8 Å². The van der Waals surface area contributed by atoms with Gasteiger partial charge in [0, 0.05) is 22.8 Å². The standard InChI is InChI=1S/C19H16BrN3O2/c20-16-6-3-4-14(12-16)8-9-18(24)22-13-15-5-1-2-7-17(15)23-19(25)10-11-21/h1-9,12H,10,13H2,(H,22,24)(H,23,25)/b9-8+. The molecule has 0 saturated carbocycles. The van der Waals surface area contributed by atoms with Crippen molar-refractivity contribution >= 4 is 39.5 Å². The van der Waals surface area contributed by atoms with Crippen molar-refractivity contribution in [3.63, 3.8) is 0 Å². The first-order valence-corrected chi connectivity index (χ1v) is 8.34. The van der Waals surface area contributed by atoms with Gasteiger partial charge < -0.3 is 10.6 Å². The highest BCUT2D eigenvalue weighted by molar-refractivity contribution is 9.10. The number of para-hydroxylation sites is 1. The molecule has 0 heterocycles. The Kier molecular flexibility index (Phi) is 6.93. The summed E-state index contributed by atoms with van der Waals surface area (Å²) in [5.41, 5.74) is 2.26. The van der Waals surface area contributed by atoms with E-state index in [0.29, 0.717) is 5.69 Å². The third-order valence-corrected chi connectivity index (χ3v) is 3.75. The Balaban J connectivity index is 1.95. The lowest BCUT2D eigenvalue weighted by atomic mass is 10.1. The van der Waals surface area contributed by atoms with Crippen LogP contribution in [0.15, 0.2) is 59.1 Å². The molecule has 0 unspecified atom stereocenters. The van der Waals surface area contributed by atoms with Gasteiger partial charge in [-0.1, -0.05) is 46.3 Å². The number of carbonyl (C=O) groups is 2. The van der Waals surface area contributed by atoms with Gasteiger partial charge in [-0.25, -0.2) is 0 Å². The monoisotopic (exact) mass is 397 g/mol. The molecular formula is C19H16BrN3O2. The van der Waals surface area contributed by atoms with Gasteiger partial charge >= 0.3 is 0 Å². The molecule has 2 N–H and O–H groups in total. The molecule has 0 fully saturated rings. The number of nitrogens with one attached hydrogen (secondary N) is 2. The Morgan fingerprint density at radius 2 is 1.96 bits per heavy atom. The van der Waals surface area contributed by atoms with E-state index in [-0.39, 0.29) is 24.8 Å². The highest BCUT2D eigenvalue weighted by Crippen LogP contribution is 2.15. The predicted molar refractivity (Wildman–Crippen MR) is 100 cm³/mol. The molecule has 0 atom stereocenters. The van der Waals surface area contributed by atoms with Gasteiger partial charge in [-0.2, -0.15) is 5.26 Å². The first kappa shape index (κ1) is 18.4. The van der Waals surface area contributed by atoms with E-state index in [4.69, 9.17) is 5.26 Å². The second kappa shape index (κ2) is 9.40. The normalized spacial score (nSPS) is 10.2. The Hall–Kier alpha value is -2.91. The van der Waals surface area contributed by atoms with Crippen molar-refractivity contribution in [2.24, 2.45) is 0 Å². The summed E-state index contributed by atoms with van der Waals surface area (Å²) in [5.74, 6) is -0.617. The van der Waals surface area contributed by atoms with Crippen LogP contribution < -0.4 is 10.6 Å². The van der Waals surface area contributed by atoms with E-state index in [1.807, 2.05) is 30.3 Å². The average Bonchev–Trinajstić information content (AvgIpc) is 2.59. The van der Waals surface area contributed by atoms with Gasteiger partial charge in [-0.15, -0.1) is 0 Å². The Morgan fingerprint density at radius 3 is 2.72 bits per heavy atom. The number of hydrogen-bond acceptors (Lipinski definition) is 3. The van der Waals surface area contributed by atoms with Crippen molar-refractivity contribution in [3.8, 4) is 6.07 Å². The summed E-state index contributed by atoms with van der Waals surface area (Å²) in [6.45, 7) is 0.269. The summed E-state index contributed by atoms with van der Waals surface area (Å²) in [7, 11) is 0. The van der Waals surface area contributed by atoms with E-state index in [1.54, 1.807) is 30.3 Å². The minimum atomic E-state index is -0.379. The van der Waals surface area contributed by atoms with E-state index < -0.39 is 0 Å². The third kappa shape index (κ3) is 6.24. The van der Waals surface area contributed by atoms with Gasteiger partial charge in [0.05, 0.1) is 6.07 Å². The zero-order valence-corrected chi connectivity index (χ0v) is 14.9. The molecule has 0 spiro atoms. The average molecular weight is 398 g/mol. The molecule has 6 heteroatoms. The van der Waals surface area contributed by atoms with Crippen molar-refractivity contribution in [2.75, 3.05) is 5.32 Å². The van der Waals surface area contributed by atoms with Gasteiger partial charge in [0.25, 0.3) is 0 Å². The Bertz CT molecular complexity index is 841. The smallest absolute Gasteiger partial charge is 0.244 e. The van der Waals surface area contributed by atoms with Crippen LogP contribution in [0.1, 0.15) is 17.5 Å². The van der Waals surface area contributed by atoms with E-state index in [0.717, 1.165) is 15.6 Å². The van der Waals surface area contributed by atoms with Gasteiger partial charge in [-0.05, 0) is 35.4 Å². The Labute approximate surface area is 154 Å². The largest absolute Gasteiger partial charge is 0.348 e. The molecule has 0 aliphatic rings. The summed E-state index contributed by atoms with van der Waals surface area (Å²) in [6, 6.07) is 16.5. The molecule has 2 aromatic carbocycles. The molecule has 5 nitrogen and oxygen atoms in total. The van der Waals surface area contributed by atoms with E-state index >= 15 is 0 Å². The Morgan fingerprint density at radius 1 is 1.16 bits per heavy atom. The lowest BCUT2D eigenvalue weighted by Gasteiger charge is -2.10. The van der Waals surface area contributed by atoms with Crippen LogP contribution in [0.2, 0.25) is 0 Å². The molecule has 0 bridgehead atoms. The fourth-order valence-corrected chi connectivity index (χ4v) is 2.50. The van der Waals surface area contributed by atoms with Crippen LogP contribution in [0.3, 0.4) is 0 Å². The molecule has 0 saturated heterocycles. The quantitative estimate of drug-likeness (QED) is 0.730. The van der Waals surface area contributed by atoms with Crippen LogP contribution in [0.25, 0.3) is 6.08 Å². The SMILES string of the molecule is N#CCC(=O)Nc1ccccc1CNC(=O)/C=C/c1cccc(Br)c1. The second-order valence-corrected chi connectivity index (χ2v) is 6.06. The maximum absolute atomic E-state index is 12.0. The first-order chi connectivity index (χ1) is 12.1. The molecule has 2 amide bonds. The summed E-state index contributed by atoms with van der Waals surface area (Å²) >= 11 is 3.38. The molecule has 2 aromatic rings. The number of carbonyl (C=O) groups excluding carboxylic acids is 2. The van der Waals surface area contributed by atoms with Crippen molar-refractivity contribution < 1.29 is 9.59 Å². The minimum absolute atomic E-state index is 0.212. The lowest BCUT2D eigenvalue weighted by molar-refractivity contribution is -0.116. The number of nitriles is 1. The van der Waals surface area contributed by atoms with Crippen LogP contribution in [0, 0.1) is 11.3 Å². The number of amides is 2. The maximum Gasteiger partial charge on any atom is 0.244 e. The van der Waals surface area contributed by atoms with Crippen LogP contribution >= 0.6 is 15.9 Å². The first-order valence-electron chi connectivity index (χ1n) is 7.54. The second-order valence-electron chi connectivity index (χ2n) is 5.15. The summed E-state index contributed by atoms with van der Waals surface area (Å²) in [4.78, 5) is 23.5. The fraction of sp³-hybridized carbons (Fsp3) is 0.105. The minimum Gasteiger partial charge on any atom is -0.348 e. The molecule has 0 radical (unpaired) electrons.